The van der Waals surface area contributed by atoms with Crippen molar-refractivity contribution in [3.8, 4) is 11.5 Å². The topological polar surface area (TPSA) is 128 Å². The third-order valence-electron chi connectivity index (χ3n) is 7.40. The van der Waals surface area contributed by atoms with E-state index < -0.39 is 28.2 Å². The highest BCUT2D eigenvalue weighted by atomic mass is 32.1. The highest BCUT2D eigenvalue weighted by molar-refractivity contribution is 7.10. The Morgan fingerprint density at radius 2 is 2.00 bits per heavy atom. The van der Waals surface area contributed by atoms with Gasteiger partial charge in [0.2, 0.25) is 5.75 Å². The maximum absolute atomic E-state index is 13.7. The number of nitro groups is 1. The van der Waals surface area contributed by atoms with Crippen molar-refractivity contribution in [3.05, 3.63) is 72.7 Å². The molecule has 0 bridgehead atoms. The Bertz CT molecular complexity index is 1320. The average molecular weight is 525 g/mol. The summed E-state index contributed by atoms with van der Waals surface area (Å²) in [6.45, 7) is 1.76. The van der Waals surface area contributed by atoms with Crippen molar-refractivity contribution in [1.82, 2.24) is 5.32 Å². The van der Waals surface area contributed by atoms with Crippen LogP contribution in [0.4, 0.5) is 5.69 Å². The highest BCUT2D eigenvalue weighted by Gasteiger charge is 2.43. The number of phenols is 1. The third-order valence-corrected chi connectivity index (χ3v) is 8.43. The van der Waals surface area contributed by atoms with E-state index in [1.54, 1.807) is 18.3 Å². The zero-order valence-corrected chi connectivity index (χ0v) is 21.4. The number of aromatic hydroxyl groups is 1. The van der Waals surface area contributed by atoms with Gasteiger partial charge < -0.3 is 19.9 Å². The summed E-state index contributed by atoms with van der Waals surface area (Å²) in [5, 5.41) is 27.4. The van der Waals surface area contributed by atoms with Gasteiger partial charge in [0.1, 0.15) is 6.10 Å². The van der Waals surface area contributed by atoms with Crippen molar-refractivity contribution in [3.63, 3.8) is 0 Å². The molecule has 9 nitrogen and oxygen atoms in total. The predicted molar refractivity (Wildman–Crippen MR) is 137 cm³/mol. The number of nitrogens with one attached hydrogen (secondary N) is 1. The van der Waals surface area contributed by atoms with Crippen LogP contribution >= 0.6 is 11.3 Å². The summed E-state index contributed by atoms with van der Waals surface area (Å²) in [5.74, 6) is -2.28. The van der Waals surface area contributed by atoms with Gasteiger partial charge in [-0.05, 0) is 62.1 Å². The molecule has 2 atom stereocenters. The Labute approximate surface area is 217 Å². The van der Waals surface area contributed by atoms with E-state index in [9.17, 15) is 24.8 Å². The SMILES string of the molecule is COc1cc(C2C(C(=O)OC3CCCC3)=C(C)NC3=C2C(=O)CC(c2cccs2)C3)cc([N+](=O)[O-])c1O. The average Bonchev–Trinajstić information content (AvgIpc) is 3.57. The molecule has 2 aromatic rings. The molecule has 1 saturated carbocycles. The molecular weight excluding hydrogens is 496 g/mol. The molecule has 0 radical (unpaired) electrons. The summed E-state index contributed by atoms with van der Waals surface area (Å²) in [4.78, 5) is 39.4. The predicted octanol–water partition coefficient (Wildman–Crippen LogP) is 5.22. The third kappa shape index (κ3) is 4.61. The van der Waals surface area contributed by atoms with Crippen LogP contribution in [0.2, 0.25) is 0 Å². The van der Waals surface area contributed by atoms with Gasteiger partial charge in [0.15, 0.2) is 11.5 Å². The molecule has 1 fully saturated rings. The molecular formula is C27H28N2O7S. The zero-order valence-electron chi connectivity index (χ0n) is 20.6. The van der Waals surface area contributed by atoms with Crippen LogP contribution in [0.1, 0.15) is 67.7 Å². The van der Waals surface area contributed by atoms with Crippen molar-refractivity contribution >= 4 is 28.8 Å². The second-order valence-electron chi connectivity index (χ2n) is 9.69. The zero-order chi connectivity index (χ0) is 26.3. The number of Topliss-reactive ketones (excluding diaryl/α,β-unsaturated/α-hetero) is 1. The molecule has 2 N–H and O–H groups in total. The molecule has 0 amide bonds. The van der Waals surface area contributed by atoms with Gasteiger partial charge in [-0.25, -0.2) is 4.79 Å². The van der Waals surface area contributed by atoms with E-state index in [2.05, 4.69) is 5.32 Å². The van der Waals surface area contributed by atoms with Crippen molar-refractivity contribution in [2.45, 2.75) is 63.4 Å². The van der Waals surface area contributed by atoms with Crippen LogP contribution in [0.5, 0.6) is 11.5 Å². The Morgan fingerprint density at radius 1 is 1.24 bits per heavy atom. The van der Waals surface area contributed by atoms with E-state index in [-0.39, 0.29) is 35.5 Å². The fraction of sp³-hybridized carbons (Fsp3) is 0.407. The minimum Gasteiger partial charge on any atom is -0.500 e. The van der Waals surface area contributed by atoms with Gasteiger partial charge in [-0.1, -0.05) is 6.07 Å². The summed E-state index contributed by atoms with van der Waals surface area (Å²) >= 11 is 1.60. The van der Waals surface area contributed by atoms with E-state index in [1.165, 1.54) is 19.2 Å². The molecule has 5 rings (SSSR count). The molecule has 2 heterocycles. The molecule has 194 valence electrons. The lowest BCUT2D eigenvalue weighted by atomic mass is 9.72. The number of ether oxygens (including phenoxy) is 2. The quantitative estimate of drug-likeness (QED) is 0.299. The number of benzene rings is 1. The number of nitro benzene ring substituents is 1. The normalized spacial score (nSPS) is 22.1. The van der Waals surface area contributed by atoms with Gasteiger partial charge >= 0.3 is 11.7 Å². The number of methoxy groups -OCH3 is 1. The first-order valence-corrected chi connectivity index (χ1v) is 13.2. The van der Waals surface area contributed by atoms with Crippen LogP contribution in [-0.2, 0) is 14.3 Å². The number of rotatable bonds is 6. The lowest BCUT2D eigenvalue weighted by molar-refractivity contribution is -0.386. The molecule has 10 heteroatoms. The minimum absolute atomic E-state index is 0.00267. The van der Waals surface area contributed by atoms with Crippen molar-refractivity contribution in [1.29, 1.82) is 0 Å². The van der Waals surface area contributed by atoms with Gasteiger partial charge in [-0.3, -0.25) is 14.9 Å². The Balaban J connectivity index is 1.64. The van der Waals surface area contributed by atoms with Gasteiger partial charge in [-0.15, -0.1) is 11.3 Å². The molecule has 0 spiro atoms. The second-order valence-corrected chi connectivity index (χ2v) is 10.7. The molecule has 1 aromatic carbocycles. The number of dihydropyridines is 1. The van der Waals surface area contributed by atoms with Crippen LogP contribution in [-0.4, -0.2) is 35.0 Å². The number of allylic oxidation sites excluding steroid dienone is 3. The van der Waals surface area contributed by atoms with Gasteiger partial charge in [-0.2, -0.15) is 0 Å². The van der Waals surface area contributed by atoms with Crippen LogP contribution in [0, 0.1) is 10.1 Å². The number of hydrogen-bond donors (Lipinski definition) is 2. The van der Waals surface area contributed by atoms with Crippen LogP contribution < -0.4 is 10.1 Å². The van der Waals surface area contributed by atoms with E-state index in [0.29, 0.717) is 29.0 Å². The molecule has 1 aliphatic heterocycles. The first-order valence-electron chi connectivity index (χ1n) is 12.3. The maximum Gasteiger partial charge on any atom is 0.337 e. The molecule has 1 aromatic heterocycles. The number of ketones is 1. The number of phenolic OH excluding ortho intramolecular Hbond substituents is 1. The smallest absolute Gasteiger partial charge is 0.337 e. The first kappa shape index (κ1) is 25.0. The molecule has 0 saturated heterocycles. The highest BCUT2D eigenvalue weighted by Crippen LogP contribution is 2.49. The van der Waals surface area contributed by atoms with E-state index >= 15 is 0 Å². The molecule has 37 heavy (non-hydrogen) atoms. The van der Waals surface area contributed by atoms with Gasteiger partial charge in [0.25, 0.3) is 0 Å². The molecule has 2 unspecified atom stereocenters. The summed E-state index contributed by atoms with van der Waals surface area (Å²) in [5.41, 5.74) is 1.65. The Morgan fingerprint density at radius 3 is 2.65 bits per heavy atom. The van der Waals surface area contributed by atoms with Gasteiger partial charge in [0.05, 0.1) is 17.6 Å². The lowest BCUT2D eigenvalue weighted by Gasteiger charge is -2.36. The Hall–Kier alpha value is -3.66. The number of thiophene rings is 1. The maximum atomic E-state index is 13.7. The number of carbonyl (C=O) groups excluding carboxylic acids is 2. The molecule has 3 aliphatic rings. The van der Waals surface area contributed by atoms with E-state index in [1.807, 2.05) is 17.5 Å². The Kier molecular flexibility index (Phi) is 6.76. The van der Waals surface area contributed by atoms with Crippen molar-refractivity contribution < 1.29 is 29.1 Å². The summed E-state index contributed by atoms with van der Waals surface area (Å²) in [7, 11) is 1.30. The number of nitrogens with zero attached hydrogens (tertiary/aromatic N) is 1. The van der Waals surface area contributed by atoms with E-state index in [0.717, 1.165) is 30.6 Å². The fourth-order valence-electron chi connectivity index (χ4n) is 5.66. The van der Waals surface area contributed by atoms with Crippen LogP contribution in [0.3, 0.4) is 0 Å². The summed E-state index contributed by atoms with van der Waals surface area (Å²) < 4.78 is 11.1. The standard InChI is InChI=1S/C27H28N2O7S/c1-14-23(27(32)36-17-6-3-4-7-17)24(16-11-19(29(33)34)26(31)21(13-16)35-2)25-18(28-14)10-15(12-20(25)30)22-8-5-9-37-22/h5,8-9,11,13,15,17,24,28,31H,3-4,6-7,10,12H2,1-2H3. The van der Waals surface area contributed by atoms with Crippen molar-refractivity contribution in [2.24, 2.45) is 0 Å². The van der Waals surface area contributed by atoms with E-state index in [4.69, 9.17) is 9.47 Å². The van der Waals surface area contributed by atoms with Crippen LogP contribution in [0.25, 0.3) is 0 Å². The lowest BCUT2D eigenvalue weighted by Crippen LogP contribution is -2.36. The molecule has 2 aliphatic carbocycles. The van der Waals surface area contributed by atoms with Crippen molar-refractivity contribution in [2.75, 3.05) is 7.11 Å². The monoisotopic (exact) mass is 524 g/mol. The van der Waals surface area contributed by atoms with Crippen LogP contribution in [0.15, 0.2) is 52.2 Å². The second kappa shape index (κ2) is 10.0. The summed E-state index contributed by atoms with van der Waals surface area (Å²) in [6.07, 6.45) is 4.16. The first-order chi connectivity index (χ1) is 17.8. The fourth-order valence-corrected chi connectivity index (χ4v) is 6.49. The van der Waals surface area contributed by atoms with Gasteiger partial charge in [0, 0.05) is 46.2 Å². The minimum atomic E-state index is -0.893. The number of hydrogen-bond acceptors (Lipinski definition) is 9. The largest absolute Gasteiger partial charge is 0.500 e. The number of carbonyl (C=O) groups is 2. The number of esters is 1. The summed E-state index contributed by atoms with van der Waals surface area (Å²) in [6, 6.07) is 6.64.